The maximum Gasteiger partial charge on any atom is 0.421 e. The lowest BCUT2D eigenvalue weighted by molar-refractivity contribution is -0.143. The third kappa shape index (κ3) is 7.59. The van der Waals surface area contributed by atoms with E-state index in [9.17, 15) is 22.8 Å². The fraction of sp³-hybridized carbons (Fsp3) is 0.500. The first-order valence-electron chi connectivity index (χ1n) is 10.4. The van der Waals surface area contributed by atoms with Crippen LogP contribution in [0.25, 0.3) is 11.3 Å². The molecule has 0 unspecified atom stereocenters. The SMILES string of the molecule is CCOC(=O)CCc1ccccc1-c1cc(C(F)(F)F)c(=O)n(COCC[Si](C)(C)C)n1. The van der Waals surface area contributed by atoms with Crippen LogP contribution in [0.15, 0.2) is 35.1 Å². The molecule has 0 saturated heterocycles. The van der Waals surface area contributed by atoms with Crippen molar-refractivity contribution in [2.45, 2.75) is 58.4 Å². The van der Waals surface area contributed by atoms with Crippen LogP contribution < -0.4 is 5.56 Å². The number of esters is 1. The van der Waals surface area contributed by atoms with Gasteiger partial charge in [0.2, 0.25) is 0 Å². The second-order valence-corrected chi connectivity index (χ2v) is 14.2. The number of carbonyl (C=O) groups excluding carboxylic acids is 1. The fourth-order valence-electron chi connectivity index (χ4n) is 2.95. The number of nitrogens with zero attached hydrogens (tertiary/aromatic N) is 2. The number of hydrogen-bond acceptors (Lipinski definition) is 5. The Labute approximate surface area is 186 Å². The third-order valence-corrected chi connectivity index (χ3v) is 6.39. The van der Waals surface area contributed by atoms with Crippen LogP contribution in [-0.4, -0.2) is 37.0 Å². The van der Waals surface area contributed by atoms with Gasteiger partial charge in [-0.25, -0.2) is 4.68 Å². The molecule has 1 aromatic carbocycles. The molecule has 176 valence electrons. The molecule has 0 N–H and O–H groups in total. The molecule has 6 nitrogen and oxygen atoms in total. The van der Waals surface area contributed by atoms with Crippen LogP contribution in [-0.2, 0) is 33.6 Å². The van der Waals surface area contributed by atoms with Gasteiger partial charge in [-0.15, -0.1) is 0 Å². The highest BCUT2D eigenvalue weighted by Gasteiger charge is 2.36. The Morgan fingerprint density at radius 2 is 1.88 bits per heavy atom. The first kappa shape index (κ1) is 25.8. The molecule has 0 saturated carbocycles. The average molecular weight is 471 g/mol. The van der Waals surface area contributed by atoms with Crippen molar-refractivity contribution in [2.24, 2.45) is 0 Å². The number of halogens is 3. The van der Waals surface area contributed by atoms with Crippen molar-refractivity contribution in [1.29, 1.82) is 0 Å². The molecule has 0 atom stereocenters. The lowest BCUT2D eigenvalue weighted by Crippen LogP contribution is -2.32. The first-order valence-corrected chi connectivity index (χ1v) is 14.1. The Balaban J connectivity index is 2.39. The standard InChI is InChI=1S/C22H29F3N2O4Si/c1-5-31-20(28)11-10-16-8-6-7-9-17(16)19-14-18(22(23,24)25)21(29)27(26-19)15-30-12-13-32(2,3)4/h6-9,14H,5,10-13,15H2,1-4H3. The van der Waals surface area contributed by atoms with Crippen molar-refractivity contribution in [2.75, 3.05) is 13.2 Å². The molecule has 2 rings (SSSR count). The smallest absolute Gasteiger partial charge is 0.421 e. The molecule has 0 aliphatic rings. The van der Waals surface area contributed by atoms with Crippen LogP contribution in [0, 0.1) is 0 Å². The van der Waals surface area contributed by atoms with E-state index in [0.717, 1.165) is 12.1 Å². The van der Waals surface area contributed by atoms with Crippen LogP contribution in [0.1, 0.15) is 24.5 Å². The maximum absolute atomic E-state index is 13.6. The van der Waals surface area contributed by atoms with Gasteiger partial charge in [0.1, 0.15) is 12.3 Å². The van der Waals surface area contributed by atoms with Gasteiger partial charge in [0, 0.05) is 26.7 Å². The van der Waals surface area contributed by atoms with Gasteiger partial charge >= 0.3 is 12.1 Å². The van der Waals surface area contributed by atoms with E-state index in [-0.39, 0.29) is 31.9 Å². The summed E-state index contributed by atoms with van der Waals surface area (Å²) in [7, 11) is -1.40. The number of aromatic nitrogens is 2. The van der Waals surface area contributed by atoms with Crippen molar-refractivity contribution in [3.8, 4) is 11.3 Å². The zero-order valence-electron chi connectivity index (χ0n) is 18.8. The highest BCUT2D eigenvalue weighted by molar-refractivity contribution is 6.76. The van der Waals surface area contributed by atoms with Gasteiger partial charge in [-0.05, 0) is 31.0 Å². The zero-order chi connectivity index (χ0) is 23.9. The van der Waals surface area contributed by atoms with Crippen LogP contribution in [0.2, 0.25) is 25.7 Å². The molecular weight excluding hydrogens is 441 g/mol. The minimum atomic E-state index is -4.84. The second-order valence-electron chi connectivity index (χ2n) is 8.56. The van der Waals surface area contributed by atoms with Gasteiger partial charge in [0.05, 0.1) is 12.3 Å². The van der Waals surface area contributed by atoms with Crippen LogP contribution in [0.5, 0.6) is 0 Å². The van der Waals surface area contributed by atoms with Crippen LogP contribution >= 0.6 is 0 Å². The quantitative estimate of drug-likeness (QED) is 0.285. The molecule has 0 radical (unpaired) electrons. The Kier molecular flexibility index (Phi) is 8.79. The number of hydrogen-bond donors (Lipinski definition) is 0. The Morgan fingerprint density at radius 1 is 1.19 bits per heavy atom. The summed E-state index contributed by atoms with van der Waals surface area (Å²) in [6.07, 6.45) is -4.49. The Morgan fingerprint density at radius 3 is 2.50 bits per heavy atom. The molecule has 32 heavy (non-hydrogen) atoms. The highest BCUT2D eigenvalue weighted by Crippen LogP contribution is 2.30. The molecule has 0 aliphatic heterocycles. The van der Waals surface area contributed by atoms with Gasteiger partial charge in [-0.1, -0.05) is 43.9 Å². The van der Waals surface area contributed by atoms with Crippen molar-refractivity contribution in [3.05, 3.63) is 51.8 Å². The molecule has 1 aromatic heterocycles. The molecule has 0 bridgehead atoms. The van der Waals surface area contributed by atoms with Crippen molar-refractivity contribution in [3.63, 3.8) is 0 Å². The molecule has 0 fully saturated rings. The third-order valence-electron chi connectivity index (χ3n) is 4.69. The van der Waals surface area contributed by atoms with E-state index in [1.165, 1.54) is 0 Å². The number of aryl methyl sites for hydroxylation is 1. The number of rotatable bonds is 10. The lowest BCUT2D eigenvalue weighted by atomic mass is 9.99. The van der Waals surface area contributed by atoms with Crippen molar-refractivity contribution in [1.82, 2.24) is 9.78 Å². The fourth-order valence-corrected chi connectivity index (χ4v) is 3.71. The molecule has 0 aliphatic carbocycles. The van der Waals surface area contributed by atoms with E-state index in [0.29, 0.717) is 22.4 Å². The largest absolute Gasteiger partial charge is 0.466 e. The van der Waals surface area contributed by atoms with Gasteiger partial charge in [0.25, 0.3) is 5.56 Å². The predicted octanol–water partition coefficient (Wildman–Crippen LogP) is 4.74. The molecule has 1 heterocycles. The van der Waals surface area contributed by atoms with Crippen molar-refractivity contribution < 1.29 is 27.4 Å². The molecule has 0 spiro atoms. The Hall–Kier alpha value is -2.46. The summed E-state index contributed by atoms with van der Waals surface area (Å²) in [5.41, 5.74) is -1.52. The molecule has 2 aromatic rings. The van der Waals surface area contributed by atoms with Gasteiger partial charge in [-0.2, -0.15) is 18.3 Å². The van der Waals surface area contributed by atoms with E-state index in [4.69, 9.17) is 9.47 Å². The topological polar surface area (TPSA) is 70.4 Å². The minimum Gasteiger partial charge on any atom is -0.466 e. The molecule has 10 heteroatoms. The van der Waals surface area contributed by atoms with E-state index < -0.39 is 31.3 Å². The molecular formula is C22H29F3N2O4Si. The normalized spacial score (nSPS) is 12.1. The number of benzene rings is 1. The molecule has 0 amide bonds. The van der Waals surface area contributed by atoms with Crippen LogP contribution in [0.4, 0.5) is 13.2 Å². The number of alkyl halides is 3. The monoisotopic (exact) mass is 470 g/mol. The number of ether oxygens (including phenoxy) is 2. The maximum atomic E-state index is 13.6. The minimum absolute atomic E-state index is 0.00909. The van der Waals surface area contributed by atoms with E-state index >= 15 is 0 Å². The summed E-state index contributed by atoms with van der Waals surface area (Å²) in [5.74, 6) is -0.396. The summed E-state index contributed by atoms with van der Waals surface area (Å²) >= 11 is 0. The summed E-state index contributed by atoms with van der Waals surface area (Å²) in [6.45, 7) is 8.36. The zero-order valence-corrected chi connectivity index (χ0v) is 19.8. The van der Waals surface area contributed by atoms with E-state index in [1.807, 2.05) is 0 Å². The predicted molar refractivity (Wildman–Crippen MR) is 118 cm³/mol. The van der Waals surface area contributed by atoms with E-state index in [2.05, 4.69) is 24.7 Å². The van der Waals surface area contributed by atoms with Crippen LogP contribution in [0.3, 0.4) is 0 Å². The highest BCUT2D eigenvalue weighted by atomic mass is 28.3. The van der Waals surface area contributed by atoms with Gasteiger partial charge in [-0.3, -0.25) is 9.59 Å². The van der Waals surface area contributed by atoms with Crippen molar-refractivity contribution >= 4 is 14.0 Å². The summed E-state index contributed by atoms with van der Waals surface area (Å²) in [6, 6.07) is 8.28. The Bertz CT molecular complexity index is 984. The van der Waals surface area contributed by atoms with Gasteiger partial charge < -0.3 is 9.47 Å². The second kappa shape index (κ2) is 10.9. The van der Waals surface area contributed by atoms with Gasteiger partial charge in [0.15, 0.2) is 0 Å². The summed E-state index contributed by atoms with van der Waals surface area (Å²) in [5, 5.41) is 4.15. The number of carbonyl (C=O) groups is 1. The summed E-state index contributed by atoms with van der Waals surface area (Å²) < 4.78 is 51.8. The average Bonchev–Trinajstić information content (AvgIpc) is 2.69. The first-order chi connectivity index (χ1) is 14.9. The lowest BCUT2D eigenvalue weighted by Gasteiger charge is -2.17. The van der Waals surface area contributed by atoms with E-state index in [1.54, 1.807) is 31.2 Å². The summed E-state index contributed by atoms with van der Waals surface area (Å²) in [4.78, 5) is 24.1.